The van der Waals surface area contributed by atoms with E-state index in [1.54, 1.807) is 0 Å². The smallest absolute Gasteiger partial charge is 0.0295 e. The van der Waals surface area contributed by atoms with Crippen molar-refractivity contribution in [1.29, 1.82) is 0 Å². The highest BCUT2D eigenvalue weighted by molar-refractivity contribution is 4.95. The second-order valence-electron chi connectivity index (χ2n) is 6.55. The molecule has 1 fully saturated rings. The average Bonchev–Trinajstić information content (AvgIpc) is 2.35. The Labute approximate surface area is 96.8 Å². The molecule has 0 heterocycles. The highest BCUT2D eigenvalue weighted by Gasteiger charge is 2.46. The van der Waals surface area contributed by atoms with E-state index in [4.69, 9.17) is 0 Å². The summed E-state index contributed by atoms with van der Waals surface area (Å²) in [6.07, 6.45) is 5.66. The molecule has 0 aromatic heterocycles. The third-order valence-corrected chi connectivity index (χ3v) is 4.99. The van der Waals surface area contributed by atoms with Gasteiger partial charge in [-0.3, -0.25) is 0 Å². The maximum Gasteiger partial charge on any atom is -0.0295 e. The average molecular weight is 210 g/mol. The molecular formula is C15H30. The first-order chi connectivity index (χ1) is 6.92. The van der Waals surface area contributed by atoms with Gasteiger partial charge in [0.2, 0.25) is 0 Å². The summed E-state index contributed by atoms with van der Waals surface area (Å²) in [5.41, 5.74) is 0.629. The molecule has 4 atom stereocenters. The lowest BCUT2D eigenvalue weighted by Crippen LogP contribution is -2.25. The molecule has 0 aliphatic heterocycles. The van der Waals surface area contributed by atoms with E-state index in [1.807, 2.05) is 0 Å². The zero-order valence-electron chi connectivity index (χ0n) is 11.6. The maximum atomic E-state index is 2.53. The molecular weight excluding hydrogens is 180 g/mol. The fourth-order valence-corrected chi connectivity index (χ4v) is 4.16. The van der Waals surface area contributed by atoms with Gasteiger partial charge in [0.1, 0.15) is 0 Å². The van der Waals surface area contributed by atoms with Crippen LogP contribution in [0.1, 0.15) is 67.2 Å². The van der Waals surface area contributed by atoms with E-state index in [1.165, 1.54) is 25.7 Å². The first kappa shape index (κ1) is 13.1. The molecule has 0 bridgehead atoms. The van der Waals surface area contributed by atoms with Crippen molar-refractivity contribution >= 4 is 0 Å². The molecule has 90 valence electrons. The van der Waals surface area contributed by atoms with Crippen molar-refractivity contribution in [2.45, 2.75) is 67.2 Å². The number of unbranched alkanes of at least 4 members (excludes halogenated alkanes) is 1. The van der Waals surface area contributed by atoms with Gasteiger partial charge in [0, 0.05) is 0 Å². The molecule has 0 spiro atoms. The summed E-state index contributed by atoms with van der Waals surface area (Å²) in [7, 11) is 0. The molecule has 4 unspecified atom stereocenters. The van der Waals surface area contributed by atoms with Gasteiger partial charge in [0.15, 0.2) is 0 Å². The minimum absolute atomic E-state index is 0.629. The van der Waals surface area contributed by atoms with Gasteiger partial charge in [-0.05, 0) is 41.9 Å². The predicted molar refractivity (Wildman–Crippen MR) is 68.9 cm³/mol. The summed E-state index contributed by atoms with van der Waals surface area (Å²) in [5.74, 6) is 3.66. The van der Waals surface area contributed by atoms with Crippen LogP contribution in [0.25, 0.3) is 0 Å². The quantitative estimate of drug-likeness (QED) is 0.603. The van der Waals surface area contributed by atoms with Crippen molar-refractivity contribution in [2.24, 2.45) is 29.1 Å². The Bertz CT molecular complexity index is 194. The van der Waals surface area contributed by atoms with Gasteiger partial charge in [0.05, 0.1) is 0 Å². The monoisotopic (exact) mass is 210 g/mol. The van der Waals surface area contributed by atoms with Gasteiger partial charge in [-0.1, -0.05) is 54.4 Å². The Balaban J connectivity index is 2.70. The van der Waals surface area contributed by atoms with Gasteiger partial charge in [-0.15, -0.1) is 0 Å². The summed E-state index contributed by atoms with van der Waals surface area (Å²) in [6, 6.07) is 0. The Kier molecular flexibility index (Phi) is 4.26. The molecule has 0 aromatic rings. The summed E-state index contributed by atoms with van der Waals surface area (Å²) in [6.45, 7) is 14.6. The summed E-state index contributed by atoms with van der Waals surface area (Å²) >= 11 is 0. The van der Waals surface area contributed by atoms with Gasteiger partial charge in [-0.2, -0.15) is 0 Å². The highest BCUT2D eigenvalue weighted by atomic mass is 14.5. The van der Waals surface area contributed by atoms with Gasteiger partial charge in [-0.25, -0.2) is 0 Å². The van der Waals surface area contributed by atoms with Crippen LogP contribution in [-0.2, 0) is 0 Å². The summed E-state index contributed by atoms with van der Waals surface area (Å²) in [5, 5.41) is 0. The van der Waals surface area contributed by atoms with Crippen LogP contribution in [0.15, 0.2) is 0 Å². The molecule has 0 N–H and O–H groups in total. The largest absolute Gasteiger partial charge is 0.0654 e. The van der Waals surface area contributed by atoms with Gasteiger partial charge >= 0.3 is 0 Å². The molecule has 0 heteroatoms. The van der Waals surface area contributed by atoms with E-state index in [-0.39, 0.29) is 0 Å². The van der Waals surface area contributed by atoms with Crippen LogP contribution >= 0.6 is 0 Å². The first-order valence-corrected chi connectivity index (χ1v) is 6.92. The molecule has 1 aliphatic rings. The van der Waals surface area contributed by atoms with E-state index >= 15 is 0 Å². The molecule has 15 heavy (non-hydrogen) atoms. The Hall–Kier alpha value is 0. The van der Waals surface area contributed by atoms with Crippen molar-refractivity contribution in [3.8, 4) is 0 Å². The third-order valence-electron chi connectivity index (χ3n) is 4.99. The first-order valence-electron chi connectivity index (χ1n) is 6.92. The van der Waals surface area contributed by atoms with Crippen LogP contribution in [0.5, 0.6) is 0 Å². The van der Waals surface area contributed by atoms with Gasteiger partial charge in [0.25, 0.3) is 0 Å². The lowest BCUT2D eigenvalue weighted by atomic mass is 9.72. The van der Waals surface area contributed by atoms with Gasteiger partial charge < -0.3 is 0 Å². The fraction of sp³-hybridized carbons (Fsp3) is 1.00. The van der Waals surface area contributed by atoms with E-state index in [0.717, 1.165) is 23.7 Å². The lowest BCUT2D eigenvalue weighted by molar-refractivity contribution is 0.164. The third kappa shape index (κ3) is 2.57. The van der Waals surface area contributed by atoms with Crippen molar-refractivity contribution in [3.63, 3.8) is 0 Å². The maximum absolute atomic E-state index is 2.53. The highest BCUT2D eigenvalue weighted by Crippen LogP contribution is 2.54. The second-order valence-corrected chi connectivity index (χ2v) is 6.55. The molecule has 0 aromatic carbocycles. The van der Waals surface area contributed by atoms with E-state index in [0.29, 0.717) is 5.41 Å². The molecule has 1 saturated carbocycles. The summed E-state index contributed by atoms with van der Waals surface area (Å²) in [4.78, 5) is 0. The van der Waals surface area contributed by atoms with Crippen LogP contribution in [-0.4, -0.2) is 0 Å². The number of rotatable bonds is 4. The molecule has 0 amide bonds. The summed E-state index contributed by atoms with van der Waals surface area (Å²) < 4.78 is 0. The van der Waals surface area contributed by atoms with Crippen LogP contribution in [0.4, 0.5) is 0 Å². The van der Waals surface area contributed by atoms with Crippen molar-refractivity contribution in [2.75, 3.05) is 0 Å². The van der Waals surface area contributed by atoms with Crippen LogP contribution in [0.3, 0.4) is 0 Å². The second kappa shape index (κ2) is 4.89. The van der Waals surface area contributed by atoms with Crippen LogP contribution in [0.2, 0.25) is 0 Å². The minimum atomic E-state index is 0.629. The minimum Gasteiger partial charge on any atom is -0.0654 e. The molecule has 1 aliphatic carbocycles. The van der Waals surface area contributed by atoms with Crippen molar-refractivity contribution in [1.82, 2.24) is 0 Å². The molecule has 0 nitrogen and oxygen atoms in total. The number of hydrogen-bond donors (Lipinski definition) is 0. The molecule has 1 rings (SSSR count). The fourth-order valence-electron chi connectivity index (χ4n) is 4.16. The Morgan fingerprint density at radius 2 is 1.87 bits per heavy atom. The predicted octanol–water partition coefficient (Wildman–Crippen LogP) is 5.13. The Morgan fingerprint density at radius 3 is 2.27 bits per heavy atom. The van der Waals surface area contributed by atoms with Crippen LogP contribution in [0, 0.1) is 29.1 Å². The van der Waals surface area contributed by atoms with E-state index < -0.39 is 0 Å². The van der Waals surface area contributed by atoms with E-state index in [2.05, 4.69) is 41.5 Å². The SMILES string of the molecule is CCCCC1(C)CC(C)C(C(C)C)C1C. The standard InChI is InChI=1S/C15H30/c1-7-8-9-15(6)10-12(4)14(11(2)3)13(15)5/h11-14H,7-10H2,1-6H3. The zero-order valence-corrected chi connectivity index (χ0v) is 11.6. The molecule has 0 saturated heterocycles. The van der Waals surface area contributed by atoms with Crippen molar-refractivity contribution in [3.05, 3.63) is 0 Å². The van der Waals surface area contributed by atoms with Crippen molar-refractivity contribution < 1.29 is 0 Å². The Morgan fingerprint density at radius 1 is 1.27 bits per heavy atom. The normalized spacial score (nSPS) is 41.4. The van der Waals surface area contributed by atoms with Crippen LogP contribution < -0.4 is 0 Å². The topological polar surface area (TPSA) is 0 Å². The lowest BCUT2D eigenvalue weighted by Gasteiger charge is -2.33. The number of hydrogen-bond acceptors (Lipinski definition) is 0. The van der Waals surface area contributed by atoms with E-state index in [9.17, 15) is 0 Å². The zero-order chi connectivity index (χ0) is 11.6. The molecule has 0 radical (unpaired) electrons.